The lowest BCUT2D eigenvalue weighted by Gasteiger charge is -2.33. The van der Waals surface area contributed by atoms with Crippen LogP contribution < -0.4 is 10.5 Å². The second-order valence-electron chi connectivity index (χ2n) is 6.32. The highest BCUT2D eigenvalue weighted by Crippen LogP contribution is 2.43. The lowest BCUT2D eigenvalue weighted by Crippen LogP contribution is -2.45. The van der Waals surface area contributed by atoms with Gasteiger partial charge in [0.05, 0.1) is 12.5 Å². The Morgan fingerprint density at radius 2 is 2.14 bits per heavy atom. The van der Waals surface area contributed by atoms with E-state index in [0.717, 1.165) is 50.0 Å². The lowest BCUT2D eigenvalue weighted by atomic mass is 9.77. The number of hydrogen-bond acceptors (Lipinski definition) is 3. The number of hydrogen-bond donors (Lipinski definition) is 1. The Morgan fingerprint density at radius 3 is 2.76 bits per heavy atom. The number of nitrogens with two attached hydrogens (primary N) is 1. The van der Waals surface area contributed by atoms with E-state index in [0.29, 0.717) is 6.54 Å². The van der Waals surface area contributed by atoms with Crippen molar-refractivity contribution >= 4 is 5.91 Å². The van der Waals surface area contributed by atoms with Crippen molar-refractivity contribution in [1.29, 1.82) is 0 Å². The van der Waals surface area contributed by atoms with E-state index in [1.165, 1.54) is 0 Å². The minimum atomic E-state index is -0.362. The van der Waals surface area contributed by atoms with Crippen LogP contribution in [0.15, 0.2) is 24.3 Å². The molecular formula is C17H24N2O2. The molecule has 1 saturated heterocycles. The second-order valence-corrected chi connectivity index (χ2v) is 6.32. The molecule has 1 aromatic rings. The van der Waals surface area contributed by atoms with Gasteiger partial charge in [-0.25, -0.2) is 0 Å². The van der Waals surface area contributed by atoms with Crippen LogP contribution in [0.5, 0.6) is 5.75 Å². The van der Waals surface area contributed by atoms with Gasteiger partial charge in [0.2, 0.25) is 5.91 Å². The molecule has 21 heavy (non-hydrogen) atoms. The zero-order valence-electron chi connectivity index (χ0n) is 12.7. The Labute approximate surface area is 126 Å². The summed E-state index contributed by atoms with van der Waals surface area (Å²) in [4.78, 5) is 15.1. The molecule has 0 bridgehead atoms. The number of carbonyl (C=O) groups is 1. The fourth-order valence-electron chi connectivity index (χ4n) is 3.80. The number of benzene rings is 1. The summed E-state index contributed by atoms with van der Waals surface area (Å²) in [6.45, 7) is 1.50. The van der Waals surface area contributed by atoms with Crippen LogP contribution >= 0.6 is 0 Å². The Hall–Kier alpha value is -1.55. The largest absolute Gasteiger partial charge is 0.497 e. The quantitative estimate of drug-likeness (QED) is 0.926. The topological polar surface area (TPSA) is 55.6 Å². The van der Waals surface area contributed by atoms with Gasteiger partial charge < -0.3 is 15.4 Å². The summed E-state index contributed by atoms with van der Waals surface area (Å²) in [5.74, 6) is 1.09. The van der Waals surface area contributed by atoms with Gasteiger partial charge in [0.25, 0.3) is 0 Å². The number of carbonyl (C=O) groups excluding carboxylic acids is 1. The van der Waals surface area contributed by atoms with Gasteiger partial charge >= 0.3 is 0 Å². The Bertz CT molecular complexity index is 523. The standard InChI is InChI=1S/C17H24N2O2/c1-21-15-6-4-5-13(11-15)17(8-2-3-9-17)16(20)19-10-7-14(18)12-19/h4-6,11,14H,2-3,7-10,12,18H2,1H3/t14-/m1/s1. The molecule has 1 aliphatic heterocycles. The predicted octanol–water partition coefficient (Wildman–Crippen LogP) is 2.07. The van der Waals surface area contributed by atoms with Crippen molar-refractivity contribution in [2.45, 2.75) is 43.6 Å². The van der Waals surface area contributed by atoms with Crippen molar-refractivity contribution in [2.75, 3.05) is 20.2 Å². The molecule has 2 N–H and O–H groups in total. The summed E-state index contributed by atoms with van der Waals surface area (Å²) in [6, 6.07) is 8.15. The number of nitrogens with zero attached hydrogens (tertiary/aromatic N) is 1. The van der Waals surface area contributed by atoms with Crippen molar-refractivity contribution in [3.8, 4) is 5.75 Å². The molecule has 1 amide bonds. The summed E-state index contributed by atoms with van der Waals surface area (Å²) < 4.78 is 5.34. The summed E-state index contributed by atoms with van der Waals surface area (Å²) >= 11 is 0. The highest BCUT2D eigenvalue weighted by Gasteiger charge is 2.46. The molecule has 114 valence electrons. The first-order chi connectivity index (χ1) is 10.2. The third-order valence-electron chi connectivity index (χ3n) is 5.00. The van der Waals surface area contributed by atoms with Crippen LogP contribution in [0, 0.1) is 0 Å². The maximum atomic E-state index is 13.1. The normalized spacial score (nSPS) is 24.3. The first kappa shape index (κ1) is 14.4. The molecule has 1 heterocycles. The molecule has 2 fully saturated rings. The zero-order chi connectivity index (χ0) is 14.9. The van der Waals surface area contributed by atoms with Crippen molar-refractivity contribution in [2.24, 2.45) is 5.73 Å². The number of ether oxygens (including phenoxy) is 1. The predicted molar refractivity (Wildman–Crippen MR) is 82.3 cm³/mol. The summed E-state index contributed by atoms with van der Waals surface area (Å²) in [6.07, 6.45) is 5.01. The highest BCUT2D eigenvalue weighted by molar-refractivity contribution is 5.89. The van der Waals surface area contributed by atoms with E-state index >= 15 is 0 Å². The van der Waals surface area contributed by atoms with Crippen LogP contribution in [-0.4, -0.2) is 37.0 Å². The molecular weight excluding hydrogens is 264 g/mol. The van der Waals surface area contributed by atoms with Gasteiger partial charge in [0, 0.05) is 19.1 Å². The van der Waals surface area contributed by atoms with Crippen molar-refractivity contribution < 1.29 is 9.53 Å². The molecule has 1 saturated carbocycles. The first-order valence-electron chi connectivity index (χ1n) is 7.85. The van der Waals surface area contributed by atoms with Crippen LogP contribution in [0.25, 0.3) is 0 Å². The van der Waals surface area contributed by atoms with E-state index in [1.54, 1.807) is 7.11 Å². The Morgan fingerprint density at radius 1 is 1.38 bits per heavy atom. The average molecular weight is 288 g/mol. The molecule has 1 aromatic carbocycles. The second kappa shape index (κ2) is 5.68. The summed E-state index contributed by atoms with van der Waals surface area (Å²) in [5, 5.41) is 0. The van der Waals surface area contributed by atoms with Gasteiger partial charge in [-0.1, -0.05) is 25.0 Å². The molecule has 2 aliphatic rings. The minimum Gasteiger partial charge on any atom is -0.497 e. The number of likely N-dealkylation sites (tertiary alicyclic amines) is 1. The molecule has 1 aliphatic carbocycles. The van der Waals surface area contributed by atoms with Gasteiger partial charge in [0.15, 0.2) is 0 Å². The maximum absolute atomic E-state index is 13.1. The van der Waals surface area contributed by atoms with Gasteiger partial charge in [-0.15, -0.1) is 0 Å². The number of rotatable bonds is 3. The number of amides is 1. The Kier molecular flexibility index (Phi) is 3.89. The van der Waals surface area contributed by atoms with Crippen LogP contribution in [-0.2, 0) is 10.2 Å². The SMILES string of the molecule is COc1cccc(C2(C(=O)N3CC[C@@H](N)C3)CCCC2)c1. The van der Waals surface area contributed by atoms with Crippen LogP contribution in [0.4, 0.5) is 0 Å². The maximum Gasteiger partial charge on any atom is 0.233 e. The van der Waals surface area contributed by atoms with Crippen molar-refractivity contribution in [3.05, 3.63) is 29.8 Å². The third-order valence-corrected chi connectivity index (χ3v) is 5.00. The minimum absolute atomic E-state index is 0.137. The molecule has 0 radical (unpaired) electrons. The Balaban J connectivity index is 1.93. The molecule has 0 unspecified atom stereocenters. The van der Waals surface area contributed by atoms with Crippen molar-refractivity contribution in [1.82, 2.24) is 4.90 Å². The van der Waals surface area contributed by atoms with Gasteiger partial charge in [-0.05, 0) is 37.0 Å². The highest BCUT2D eigenvalue weighted by atomic mass is 16.5. The van der Waals surface area contributed by atoms with Gasteiger partial charge in [0.1, 0.15) is 5.75 Å². The lowest BCUT2D eigenvalue weighted by molar-refractivity contribution is -0.136. The molecule has 0 aromatic heterocycles. The monoisotopic (exact) mass is 288 g/mol. The summed E-state index contributed by atoms with van der Waals surface area (Å²) in [5.41, 5.74) is 6.71. The van der Waals surface area contributed by atoms with E-state index in [2.05, 4.69) is 6.07 Å². The average Bonchev–Trinajstić information content (AvgIpc) is 3.16. The number of methoxy groups -OCH3 is 1. The van der Waals surface area contributed by atoms with E-state index in [-0.39, 0.29) is 17.4 Å². The molecule has 3 rings (SSSR count). The smallest absolute Gasteiger partial charge is 0.233 e. The van der Waals surface area contributed by atoms with E-state index in [9.17, 15) is 4.79 Å². The zero-order valence-corrected chi connectivity index (χ0v) is 12.7. The van der Waals surface area contributed by atoms with Gasteiger partial charge in [-0.3, -0.25) is 4.79 Å². The van der Waals surface area contributed by atoms with Crippen LogP contribution in [0.3, 0.4) is 0 Å². The van der Waals surface area contributed by atoms with E-state index in [1.807, 2.05) is 23.1 Å². The fourth-order valence-corrected chi connectivity index (χ4v) is 3.80. The molecule has 4 heteroatoms. The van der Waals surface area contributed by atoms with Crippen molar-refractivity contribution in [3.63, 3.8) is 0 Å². The molecule has 0 spiro atoms. The summed E-state index contributed by atoms with van der Waals surface area (Å²) in [7, 11) is 1.67. The fraction of sp³-hybridized carbons (Fsp3) is 0.588. The van der Waals surface area contributed by atoms with E-state index < -0.39 is 0 Å². The van der Waals surface area contributed by atoms with Gasteiger partial charge in [-0.2, -0.15) is 0 Å². The molecule has 1 atom stereocenters. The first-order valence-corrected chi connectivity index (χ1v) is 7.85. The van der Waals surface area contributed by atoms with Crippen LogP contribution in [0.2, 0.25) is 0 Å². The van der Waals surface area contributed by atoms with E-state index in [4.69, 9.17) is 10.5 Å². The third kappa shape index (κ3) is 2.53. The molecule has 4 nitrogen and oxygen atoms in total. The van der Waals surface area contributed by atoms with Crippen LogP contribution in [0.1, 0.15) is 37.7 Å².